The molecule has 202 valence electrons. The van der Waals surface area contributed by atoms with Gasteiger partial charge in [0.1, 0.15) is 11.9 Å². The van der Waals surface area contributed by atoms with Crippen LogP contribution in [-0.2, 0) is 26.2 Å². The van der Waals surface area contributed by atoms with Crippen molar-refractivity contribution >= 4 is 27.5 Å². The standard InChI is InChI=1S/C28H38FN3O4S/c1-4-26(28(34)30-24-11-5-6-12-24)31(20-22-10-7-9-21(2)19-22)27(33)13-8-18-32(37(3,35)36)25-16-14-23(29)15-17-25/h7,9-10,14-17,19,24,26H,4-6,8,11-13,18,20H2,1-3H3,(H,30,34)/t26-/m0/s1. The molecule has 2 aromatic rings. The molecule has 1 saturated carbocycles. The summed E-state index contributed by atoms with van der Waals surface area (Å²) >= 11 is 0. The van der Waals surface area contributed by atoms with E-state index in [2.05, 4.69) is 5.32 Å². The average Bonchev–Trinajstić information content (AvgIpc) is 3.34. The molecule has 0 aliphatic heterocycles. The number of benzene rings is 2. The van der Waals surface area contributed by atoms with E-state index in [0.717, 1.165) is 43.1 Å². The van der Waals surface area contributed by atoms with Crippen molar-refractivity contribution in [3.05, 3.63) is 65.5 Å². The fourth-order valence-electron chi connectivity index (χ4n) is 4.91. The molecule has 0 radical (unpaired) electrons. The van der Waals surface area contributed by atoms with Crippen LogP contribution in [0, 0.1) is 12.7 Å². The van der Waals surface area contributed by atoms with Gasteiger partial charge in [-0.15, -0.1) is 0 Å². The number of aryl methyl sites for hydroxylation is 1. The maximum Gasteiger partial charge on any atom is 0.243 e. The summed E-state index contributed by atoms with van der Waals surface area (Å²) in [5, 5.41) is 3.13. The molecule has 1 atom stereocenters. The van der Waals surface area contributed by atoms with Crippen LogP contribution in [0.5, 0.6) is 0 Å². The average molecular weight is 532 g/mol. The van der Waals surface area contributed by atoms with Crippen molar-refractivity contribution in [1.29, 1.82) is 0 Å². The quantitative estimate of drug-likeness (QED) is 0.436. The lowest BCUT2D eigenvalue weighted by Gasteiger charge is -2.32. The predicted molar refractivity (Wildman–Crippen MR) is 144 cm³/mol. The van der Waals surface area contributed by atoms with Crippen LogP contribution < -0.4 is 9.62 Å². The van der Waals surface area contributed by atoms with Crippen LogP contribution in [0.1, 0.15) is 63.0 Å². The van der Waals surface area contributed by atoms with Crippen molar-refractivity contribution in [2.24, 2.45) is 0 Å². The summed E-state index contributed by atoms with van der Waals surface area (Å²) in [5.74, 6) is -0.803. The van der Waals surface area contributed by atoms with Crippen LogP contribution in [0.25, 0.3) is 0 Å². The highest BCUT2D eigenvalue weighted by Crippen LogP contribution is 2.22. The SMILES string of the molecule is CC[C@@H](C(=O)NC1CCCC1)N(Cc1cccc(C)c1)C(=O)CCCN(c1ccc(F)cc1)S(C)(=O)=O. The Kier molecular flexibility index (Phi) is 10.1. The lowest BCUT2D eigenvalue weighted by molar-refractivity contribution is -0.141. The third-order valence-corrected chi connectivity index (χ3v) is 7.98. The number of nitrogens with zero attached hydrogens (tertiary/aromatic N) is 2. The summed E-state index contributed by atoms with van der Waals surface area (Å²) in [5.41, 5.74) is 2.34. The van der Waals surface area contributed by atoms with Crippen LogP contribution >= 0.6 is 0 Å². The number of sulfonamides is 1. The molecule has 2 amide bonds. The summed E-state index contributed by atoms with van der Waals surface area (Å²) < 4.78 is 39.3. The summed E-state index contributed by atoms with van der Waals surface area (Å²) in [4.78, 5) is 28.4. The van der Waals surface area contributed by atoms with Crippen LogP contribution in [0.3, 0.4) is 0 Å². The van der Waals surface area contributed by atoms with Crippen molar-refractivity contribution < 1.29 is 22.4 Å². The van der Waals surface area contributed by atoms with Gasteiger partial charge < -0.3 is 10.2 Å². The number of nitrogens with one attached hydrogen (secondary N) is 1. The van der Waals surface area contributed by atoms with Crippen LogP contribution in [0.15, 0.2) is 48.5 Å². The fraction of sp³-hybridized carbons (Fsp3) is 0.500. The molecule has 1 aliphatic carbocycles. The third kappa shape index (κ3) is 8.28. The lowest BCUT2D eigenvalue weighted by Crippen LogP contribution is -2.51. The molecule has 7 nitrogen and oxygen atoms in total. The Morgan fingerprint density at radius 3 is 2.38 bits per heavy atom. The van der Waals surface area contributed by atoms with E-state index in [1.54, 1.807) is 4.90 Å². The topological polar surface area (TPSA) is 86.8 Å². The largest absolute Gasteiger partial charge is 0.352 e. The van der Waals surface area contributed by atoms with E-state index in [9.17, 15) is 22.4 Å². The molecule has 2 aromatic carbocycles. The third-order valence-electron chi connectivity index (χ3n) is 6.79. The minimum absolute atomic E-state index is 0.0690. The molecular formula is C28H38FN3O4S. The van der Waals surface area contributed by atoms with Crippen molar-refractivity contribution in [2.75, 3.05) is 17.1 Å². The zero-order chi connectivity index (χ0) is 27.0. The number of carbonyl (C=O) groups excluding carboxylic acids is 2. The molecule has 0 spiro atoms. The van der Waals surface area contributed by atoms with Gasteiger partial charge in [0.25, 0.3) is 0 Å². The molecule has 0 heterocycles. The van der Waals surface area contributed by atoms with Gasteiger partial charge in [-0.1, -0.05) is 49.6 Å². The molecule has 9 heteroatoms. The first kappa shape index (κ1) is 28.6. The van der Waals surface area contributed by atoms with Crippen LogP contribution in [0.4, 0.5) is 10.1 Å². The summed E-state index contributed by atoms with van der Waals surface area (Å²) in [6, 6.07) is 12.6. The zero-order valence-corrected chi connectivity index (χ0v) is 22.8. The van der Waals surface area contributed by atoms with Gasteiger partial charge in [-0.2, -0.15) is 0 Å². The molecular weight excluding hydrogens is 493 g/mol. The van der Waals surface area contributed by atoms with E-state index >= 15 is 0 Å². The predicted octanol–water partition coefficient (Wildman–Crippen LogP) is 4.55. The lowest BCUT2D eigenvalue weighted by atomic mass is 10.1. The molecule has 37 heavy (non-hydrogen) atoms. The van der Waals surface area contributed by atoms with Gasteiger partial charge >= 0.3 is 0 Å². The number of amides is 2. The molecule has 0 bridgehead atoms. The van der Waals surface area contributed by atoms with Gasteiger partial charge in [-0.3, -0.25) is 13.9 Å². The second-order valence-corrected chi connectivity index (χ2v) is 11.7. The molecule has 0 aromatic heterocycles. The van der Waals surface area contributed by atoms with Crippen molar-refractivity contribution in [3.63, 3.8) is 0 Å². The maximum atomic E-state index is 13.5. The highest BCUT2D eigenvalue weighted by molar-refractivity contribution is 7.92. The minimum atomic E-state index is -3.63. The molecule has 1 aliphatic rings. The number of hydrogen-bond donors (Lipinski definition) is 1. The smallest absolute Gasteiger partial charge is 0.243 e. The Morgan fingerprint density at radius 1 is 1.11 bits per heavy atom. The van der Waals surface area contributed by atoms with E-state index in [1.165, 1.54) is 28.6 Å². The van der Waals surface area contributed by atoms with Gasteiger partial charge in [-0.05, 0) is 62.4 Å². The van der Waals surface area contributed by atoms with Crippen LogP contribution in [-0.4, -0.2) is 50.0 Å². The Morgan fingerprint density at radius 2 is 1.78 bits per heavy atom. The number of halogens is 1. The summed E-state index contributed by atoms with van der Waals surface area (Å²) in [7, 11) is -3.63. The van der Waals surface area contributed by atoms with Gasteiger partial charge in [0.05, 0.1) is 11.9 Å². The van der Waals surface area contributed by atoms with Gasteiger partial charge in [0.15, 0.2) is 0 Å². The minimum Gasteiger partial charge on any atom is -0.352 e. The van der Waals surface area contributed by atoms with Crippen molar-refractivity contribution in [3.8, 4) is 0 Å². The number of rotatable bonds is 12. The molecule has 3 rings (SSSR count). The van der Waals surface area contributed by atoms with Crippen molar-refractivity contribution in [2.45, 2.75) is 77.4 Å². The number of hydrogen-bond acceptors (Lipinski definition) is 4. The fourth-order valence-corrected chi connectivity index (χ4v) is 5.87. The van der Waals surface area contributed by atoms with E-state index in [1.807, 2.05) is 38.1 Å². The second kappa shape index (κ2) is 13.0. The van der Waals surface area contributed by atoms with Crippen LogP contribution in [0.2, 0.25) is 0 Å². The van der Waals surface area contributed by atoms with E-state index in [-0.39, 0.29) is 37.2 Å². The molecule has 1 fully saturated rings. The summed E-state index contributed by atoms with van der Waals surface area (Å²) in [6.45, 7) is 4.24. The monoisotopic (exact) mass is 531 g/mol. The number of carbonyl (C=O) groups is 2. The Bertz CT molecular complexity index is 1160. The Labute approximate surface area is 220 Å². The first-order valence-corrected chi connectivity index (χ1v) is 14.8. The normalized spacial score (nSPS) is 14.8. The summed E-state index contributed by atoms with van der Waals surface area (Å²) in [6.07, 6.45) is 6.00. The van der Waals surface area contributed by atoms with E-state index in [4.69, 9.17) is 0 Å². The second-order valence-electron chi connectivity index (χ2n) is 9.84. The molecule has 0 unspecified atom stereocenters. The number of anilines is 1. The van der Waals surface area contributed by atoms with E-state index < -0.39 is 21.9 Å². The zero-order valence-electron chi connectivity index (χ0n) is 22.0. The highest BCUT2D eigenvalue weighted by Gasteiger charge is 2.30. The first-order valence-electron chi connectivity index (χ1n) is 13.0. The van der Waals surface area contributed by atoms with Gasteiger partial charge in [0, 0.05) is 25.6 Å². The van der Waals surface area contributed by atoms with Gasteiger partial charge in [-0.25, -0.2) is 12.8 Å². The van der Waals surface area contributed by atoms with Crippen molar-refractivity contribution in [1.82, 2.24) is 10.2 Å². The van der Waals surface area contributed by atoms with E-state index in [0.29, 0.717) is 18.7 Å². The molecule has 1 N–H and O–H groups in total. The maximum absolute atomic E-state index is 13.5. The Hall–Kier alpha value is -2.94. The Balaban J connectivity index is 1.75. The van der Waals surface area contributed by atoms with Gasteiger partial charge in [0.2, 0.25) is 21.8 Å². The molecule has 0 saturated heterocycles. The highest BCUT2D eigenvalue weighted by atomic mass is 32.2. The first-order chi connectivity index (χ1) is 17.6.